The van der Waals surface area contributed by atoms with Crippen LogP contribution in [0.3, 0.4) is 0 Å². The maximum atomic E-state index is 11.3. The molecule has 0 spiro atoms. The number of nitrogens with one attached hydrogen (secondary N) is 1. The van der Waals surface area contributed by atoms with Gasteiger partial charge in [0, 0.05) is 0 Å². The molecule has 0 heterocycles. The Morgan fingerprint density at radius 2 is 2.00 bits per heavy atom. The van der Waals surface area contributed by atoms with Crippen molar-refractivity contribution in [1.29, 1.82) is 0 Å². The fourth-order valence-electron chi connectivity index (χ4n) is 1.52. The molecular weight excluding hydrogens is 230 g/mol. The number of carbonyl (C=O) groups excluding carboxylic acids is 1. The van der Waals surface area contributed by atoms with E-state index in [1.165, 1.54) is 5.56 Å². The molecule has 1 radical (unpaired) electrons. The first-order chi connectivity index (χ1) is 8.17. The molecule has 1 N–H and O–H groups in total. The standard InChI is InChI=1S/C13H20NO2Si/c1-4-9-16-13-7-5-12(6-8-13)10-17(14-3)11(2)15/h5-8,14H,4,9-10H2,1-3H3. The molecule has 0 aromatic heterocycles. The van der Waals surface area contributed by atoms with Crippen molar-refractivity contribution >= 4 is 14.4 Å². The molecule has 1 aromatic rings. The maximum Gasteiger partial charge on any atom is 0.221 e. The Labute approximate surface area is 105 Å². The van der Waals surface area contributed by atoms with E-state index in [1.807, 2.05) is 31.3 Å². The van der Waals surface area contributed by atoms with Gasteiger partial charge in [-0.05, 0) is 44.1 Å². The Morgan fingerprint density at radius 3 is 2.47 bits per heavy atom. The smallest absolute Gasteiger partial charge is 0.221 e. The van der Waals surface area contributed by atoms with E-state index in [2.05, 4.69) is 11.9 Å². The van der Waals surface area contributed by atoms with Crippen LogP contribution in [0, 0.1) is 0 Å². The van der Waals surface area contributed by atoms with Crippen LogP contribution in [0.25, 0.3) is 0 Å². The highest BCUT2D eigenvalue weighted by Gasteiger charge is 2.15. The fourth-order valence-corrected chi connectivity index (χ4v) is 2.94. The Morgan fingerprint density at radius 1 is 1.35 bits per heavy atom. The van der Waals surface area contributed by atoms with Crippen LogP contribution in [-0.2, 0) is 10.8 Å². The molecule has 17 heavy (non-hydrogen) atoms. The number of hydrogen-bond acceptors (Lipinski definition) is 3. The predicted octanol–water partition coefficient (Wildman–Crippen LogP) is 1.90. The van der Waals surface area contributed by atoms with Crippen molar-refractivity contribution in [2.45, 2.75) is 26.3 Å². The minimum atomic E-state index is -1.11. The monoisotopic (exact) mass is 250 g/mol. The highest BCUT2D eigenvalue weighted by atomic mass is 28.3. The molecular formula is C13H20NO2Si. The van der Waals surface area contributed by atoms with Crippen molar-refractivity contribution in [2.75, 3.05) is 13.7 Å². The zero-order chi connectivity index (χ0) is 12.7. The first kappa shape index (κ1) is 13.9. The van der Waals surface area contributed by atoms with E-state index in [9.17, 15) is 4.79 Å². The van der Waals surface area contributed by atoms with E-state index >= 15 is 0 Å². The SMILES string of the molecule is CCCOc1ccc(C[Si](NC)C(C)=O)cc1. The van der Waals surface area contributed by atoms with Crippen molar-refractivity contribution in [3.63, 3.8) is 0 Å². The van der Waals surface area contributed by atoms with Crippen LogP contribution in [0.2, 0.25) is 0 Å². The molecule has 0 aliphatic rings. The van der Waals surface area contributed by atoms with Crippen molar-refractivity contribution < 1.29 is 9.53 Å². The average molecular weight is 250 g/mol. The number of rotatable bonds is 7. The average Bonchev–Trinajstić information content (AvgIpc) is 2.34. The second kappa shape index (κ2) is 7.24. The topological polar surface area (TPSA) is 38.3 Å². The van der Waals surface area contributed by atoms with Gasteiger partial charge >= 0.3 is 0 Å². The van der Waals surface area contributed by atoms with E-state index in [4.69, 9.17) is 4.74 Å². The van der Waals surface area contributed by atoms with Crippen molar-refractivity contribution in [2.24, 2.45) is 0 Å². The number of hydrogen-bond donors (Lipinski definition) is 1. The molecule has 0 fully saturated rings. The first-order valence-corrected chi connectivity index (χ1v) is 7.64. The molecule has 0 saturated heterocycles. The van der Waals surface area contributed by atoms with Gasteiger partial charge in [-0.3, -0.25) is 0 Å². The van der Waals surface area contributed by atoms with Gasteiger partial charge in [-0.1, -0.05) is 19.1 Å². The molecule has 0 aliphatic carbocycles. The van der Waals surface area contributed by atoms with Gasteiger partial charge in [-0.25, -0.2) is 0 Å². The van der Waals surface area contributed by atoms with Gasteiger partial charge < -0.3 is 14.5 Å². The van der Waals surface area contributed by atoms with Gasteiger partial charge in [0.25, 0.3) is 0 Å². The molecule has 1 aromatic carbocycles. The van der Waals surface area contributed by atoms with Crippen LogP contribution in [0.1, 0.15) is 25.8 Å². The quantitative estimate of drug-likeness (QED) is 0.751. The second-order valence-electron chi connectivity index (χ2n) is 3.95. The zero-order valence-corrected chi connectivity index (χ0v) is 11.7. The normalized spacial score (nSPS) is 10.6. The van der Waals surface area contributed by atoms with E-state index in [1.54, 1.807) is 6.92 Å². The van der Waals surface area contributed by atoms with E-state index in [0.29, 0.717) is 0 Å². The van der Waals surface area contributed by atoms with Crippen LogP contribution in [0.15, 0.2) is 24.3 Å². The third kappa shape index (κ3) is 4.71. The Kier molecular flexibility index (Phi) is 5.93. The number of carbonyl (C=O) groups is 1. The van der Waals surface area contributed by atoms with Crippen molar-refractivity contribution in [1.82, 2.24) is 4.98 Å². The third-order valence-corrected chi connectivity index (χ3v) is 4.72. The summed E-state index contributed by atoms with van der Waals surface area (Å²) in [6.07, 6.45) is 1.01. The van der Waals surface area contributed by atoms with Gasteiger partial charge in [0.15, 0.2) is 0 Å². The van der Waals surface area contributed by atoms with E-state index in [0.717, 1.165) is 24.8 Å². The lowest BCUT2D eigenvalue weighted by Gasteiger charge is -2.10. The van der Waals surface area contributed by atoms with Gasteiger partial charge in [-0.15, -0.1) is 0 Å². The molecule has 4 heteroatoms. The molecule has 0 atom stereocenters. The lowest BCUT2D eigenvalue weighted by molar-refractivity contribution is -0.110. The van der Waals surface area contributed by atoms with Crippen LogP contribution in [0.4, 0.5) is 0 Å². The lowest BCUT2D eigenvalue weighted by Crippen LogP contribution is -2.40. The summed E-state index contributed by atoms with van der Waals surface area (Å²) in [6, 6.07) is 8.84. The summed E-state index contributed by atoms with van der Waals surface area (Å²) < 4.78 is 5.51. The third-order valence-electron chi connectivity index (χ3n) is 2.50. The van der Waals surface area contributed by atoms with Gasteiger partial charge in [-0.2, -0.15) is 0 Å². The van der Waals surface area contributed by atoms with Crippen molar-refractivity contribution in [3.05, 3.63) is 29.8 Å². The van der Waals surface area contributed by atoms with Crippen LogP contribution < -0.4 is 9.72 Å². The predicted molar refractivity (Wildman–Crippen MR) is 71.4 cm³/mol. The molecule has 1 rings (SSSR count). The minimum absolute atomic E-state index is 0.267. The fraction of sp³-hybridized carbons (Fsp3) is 0.462. The Balaban J connectivity index is 2.58. The Hall–Kier alpha value is -1.13. The molecule has 0 aliphatic heterocycles. The first-order valence-electron chi connectivity index (χ1n) is 5.93. The number of benzene rings is 1. The second-order valence-corrected chi connectivity index (χ2v) is 6.47. The summed E-state index contributed by atoms with van der Waals surface area (Å²) in [5.41, 5.74) is 1.19. The number of ether oxygens (including phenoxy) is 1. The summed E-state index contributed by atoms with van der Waals surface area (Å²) >= 11 is 0. The van der Waals surface area contributed by atoms with Gasteiger partial charge in [0.05, 0.1) is 6.61 Å². The van der Waals surface area contributed by atoms with E-state index < -0.39 is 8.96 Å². The molecule has 93 valence electrons. The summed E-state index contributed by atoms with van der Waals surface area (Å²) in [5.74, 6) is 0.900. The highest BCUT2D eigenvalue weighted by Crippen LogP contribution is 2.13. The molecule has 3 nitrogen and oxygen atoms in total. The largest absolute Gasteiger partial charge is 0.494 e. The van der Waals surface area contributed by atoms with Gasteiger partial charge in [0.1, 0.15) is 11.2 Å². The molecule has 0 amide bonds. The highest BCUT2D eigenvalue weighted by molar-refractivity contribution is 6.87. The van der Waals surface area contributed by atoms with Crippen LogP contribution >= 0.6 is 0 Å². The van der Waals surface area contributed by atoms with Gasteiger partial charge in [0.2, 0.25) is 8.96 Å². The maximum absolute atomic E-state index is 11.3. The van der Waals surface area contributed by atoms with Crippen LogP contribution in [0.5, 0.6) is 5.75 Å². The van der Waals surface area contributed by atoms with E-state index in [-0.39, 0.29) is 5.41 Å². The summed E-state index contributed by atoms with van der Waals surface area (Å²) in [5, 5.41) is 0.267. The molecule has 0 unspecified atom stereocenters. The Bertz CT molecular complexity index is 351. The zero-order valence-electron chi connectivity index (χ0n) is 10.7. The summed E-state index contributed by atoms with van der Waals surface area (Å²) in [6.45, 7) is 4.49. The summed E-state index contributed by atoms with van der Waals surface area (Å²) in [7, 11) is 0.743. The van der Waals surface area contributed by atoms with Crippen LogP contribution in [-0.4, -0.2) is 28.0 Å². The lowest BCUT2D eigenvalue weighted by atomic mass is 10.2. The molecule has 0 bridgehead atoms. The minimum Gasteiger partial charge on any atom is -0.494 e. The molecule has 0 saturated carbocycles. The summed E-state index contributed by atoms with van der Waals surface area (Å²) in [4.78, 5) is 14.5. The van der Waals surface area contributed by atoms with Crippen molar-refractivity contribution in [3.8, 4) is 5.75 Å².